The molecule has 1 aromatic carbocycles. The average Bonchev–Trinajstić information content (AvgIpc) is 3.03. The fourth-order valence-corrected chi connectivity index (χ4v) is 3.84. The Bertz CT molecular complexity index is 650. The molecule has 0 saturated carbocycles. The number of aryl methyl sites for hydroxylation is 1. The molecular weight excluding hydrogens is 320 g/mol. The molecular formula is C19H24N2O2S. The van der Waals surface area contributed by atoms with Crippen molar-refractivity contribution < 1.29 is 9.53 Å². The third kappa shape index (κ3) is 4.66. The first-order valence-electron chi connectivity index (χ1n) is 8.41. The zero-order chi connectivity index (χ0) is 16.8. The molecule has 0 bridgehead atoms. The number of ether oxygens (including phenoxy) is 1. The van der Waals surface area contributed by atoms with Crippen molar-refractivity contribution in [1.29, 1.82) is 0 Å². The van der Waals surface area contributed by atoms with Gasteiger partial charge in [0, 0.05) is 25.7 Å². The van der Waals surface area contributed by atoms with Crippen molar-refractivity contribution in [3.63, 3.8) is 0 Å². The van der Waals surface area contributed by atoms with E-state index in [1.54, 1.807) is 0 Å². The number of amides is 1. The van der Waals surface area contributed by atoms with Crippen LogP contribution in [-0.2, 0) is 11.2 Å². The summed E-state index contributed by atoms with van der Waals surface area (Å²) in [6.07, 6.45) is 0.842. The number of rotatable bonds is 6. The van der Waals surface area contributed by atoms with Gasteiger partial charge in [-0.15, -0.1) is 11.3 Å². The first kappa shape index (κ1) is 17.1. The number of carbonyl (C=O) groups excluding carboxylic acids is 1. The molecule has 1 N–H and O–H groups in total. The third-order valence-electron chi connectivity index (χ3n) is 4.31. The van der Waals surface area contributed by atoms with Crippen LogP contribution in [-0.4, -0.2) is 49.7 Å². The maximum atomic E-state index is 12.6. The van der Waals surface area contributed by atoms with E-state index in [2.05, 4.69) is 22.3 Å². The smallest absolute Gasteiger partial charge is 0.261 e. The Balaban J connectivity index is 1.68. The second-order valence-electron chi connectivity index (χ2n) is 6.21. The average molecular weight is 344 g/mol. The lowest BCUT2D eigenvalue weighted by Gasteiger charge is -2.31. The van der Waals surface area contributed by atoms with E-state index in [9.17, 15) is 4.79 Å². The Labute approximate surface area is 147 Å². The predicted octanol–water partition coefficient (Wildman–Crippen LogP) is 2.73. The van der Waals surface area contributed by atoms with Gasteiger partial charge in [-0.2, -0.15) is 0 Å². The van der Waals surface area contributed by atoms with E-state index in [1.807, 2.05) is 36.6 Å². The molecule has 2 aromatic rings. The molecule has 5 heteroatoms. The molecule has 1 aliphatic rings. The van der Waals surface area contributed by atoms with Crippen molar-refractivity contribution in [3.8, 4) is 0 Å². The molecule has 4 nitrogen and oxygen atoms in total. The van der Waals surface area contributed by atoms with Crippen LogP contribution in [0, 0.1) is 6.92 Å². The summed E-state index contributed by atoms with van der Waals surface area (Å²) in [7, 11) is 0. The summed E-state index contributed by atoms with van der Waals surface area (Å²) in [5.41, 5.74) is 2.29. The van der Waals surface area contributed by atoms with Crippen LogP contribution in [0.4, 0.5) is 0 Å². The van der Waals surface area contributed by atoms with Gasteiger partial charge in [0.25, 0.3) is 5.91 Å². The standard InChI is InChI=1S/C19H24N2O2S/c1-15-7-12-24-18(15)19(22)20-17(13-16-5-3-2-4-6-16)14-21-8-10-23-11-9-21/h2-7,12,17H,8-11,13-14H2,1H3,(H,20,22). The number of nitrogens with one attached hydrogen (secondary N) is 1. The number of thiophene rings is 1. The van der Waals surface area contributed by atoms with Crippen LogP contribution < -0.4 is 5.32 Å². The monoisotopic (exact) mass is 344 g/mol. The topological polar surface area (TPSA) is 41.6 Å². The first-order chi connectivity index (χ1) is 11.7. The van der Waals surface area contributed by atoms with Crippen molar-refractivity contribution in [1.82, 2.24) is 10.2 Å². The van der Waals surface area contributed by atoms with E-state index in [0.29, 0.717) is 0 Å². The summed E-state index contributed by atoms with van der Waals surface area (Å²) < 4.78 is 5.43. The Morgan fingerprint density at radius 1 is 1.25 bits per heavy atom. The minimum Gasteiger partial charge on any atom is -0.379 e. The molecule has 0 radical (unpaired) electrons. The van der Waals surface area contributed by atoms with E-state index >= 15 is 0 Å². The number of nitrogens with zero attached hydrogens (tertiary/aromatic N) is 1. The second-order valence-corrected chi connectivity index (χ2v) is 7.12. The fraction of sp³-hybridized carbons (Fsp3) is 0.421. The molecule has 2 heterocycles. The highest BCUT2D eigenvalue weighted by molar-refractivity contribution is 7.12. The van der Waals surface area contributed by atoms with Gasteiger partial charge >= 0.3 is 0 Å². The number of morpholine rings is 1. The zero-order valence-electron chi connectivity index (χ0n) is 14.0. The Kier molecular flexibility index (Phi) is 6.01. The zero-order valence-corrected chi connectivity index (χ0v) is 14.8. The van der Waals surface area contributed by atoms with Crippen LogP contribution in [0.5, 0.6) is 0 Å². The quantitative estimate of drug-likeness (QED) is 0.876. The van der Waals surface area contributed by atoms with Crippen LogP contribution in [0.2, 0.25) is 0 Å². The third-order valence-corrected chi connectivity index (χ3v) is 5.33. The highest BCUT2D eigenvalue weighted by Crippen LogP contribution is 2.16. The molecule has 1 aromatic heterocycles. The minimum atomic E-state index is 0.0386. The van der Waals surface area contributed by atoms with E-state index in [4.69, 9.17) is 4.74 Å². The van der Waals surface area contributed by atoms with Crippen molar-refractivity contribution in [2.24, 2.45) is 0 Å². The van der Waals surface area contributed by atoms with Crippen molar-refractivity contribution >= 4 is 17.2 Å². The summed E-state index contributed by atoms with van der Waals surface area (Å²) >= 11 is 1.51. The van der Waals surface area contributed by atoms with Gasteiger partial charge in [0.05, 0.1) is 18.1 Å². The van der Waals surface area contributed by atoms with Crippen molar-refractivity contribution in [2.45, 2.75) is 19.4 Å². The first-order valence-corrected chi connectivity index (χ1v) is 9.29. The van der Waals surface area contributed by atoms with Gasteiger partial charge in [-0.05, 0) is 35.9 Å². The molecule has 1 amide bonds. The molecule has 0 aliphatic carbocycles. The highest BCUT2D eigenvalue weighted by Gasteiger charge is 2.20. The van der Waals surface area contributed by atoms with Gasteiger partial charge in [-0.3, -0.25) is 9.69 Å². The Hall–Kier alpha value is -1.69. The fourth-order valence-electron chi connectivity index (χ4n) is 3.01. The summed E-state index contributed by atoms with van der Waals surface area (Å²) in [5.74, 6) is 0.0386. The Morgan fingerprint density at radius 2 is 2.00 bits per heavy atom. The van der Waals surface area contributed by atoms with Gasteiger partial charge in [-0.25, -0.2) is 0 Å². The van der Waals surface area contributed by atoms with Gasteiger partial charge in [0.15, 0.2) is 0 Å². The van der Waals surface area contributed by atoms with Crippen LogP contribution >= 0.6 is 11.3 Å². The molecule has 0 spiro atoms. The number of hydrogen-bond acceptors (Lipinski definition) is 4. The van der Waals surface area contributed by atoms with Crippen LogP contribution in [0.1, 0.15) is 20.8 Å². The lowest BCUT2D eigenvalue weighted by molar-refractivity contribution is 0.0334. The van der Waals surface area contributed by atoms with Crippen LogP contribution in [0.15, 0.2) is 41.8 Å². The van der Waals surface area contributed by atoms with Gasteiger partial charge in [0.1, 0.15) is 0 Å². The molecule has 1 fully saturated rings. The van der Waals surface area contributed by atoms with Crippen LogP contribution in [0.3, 0.4) is 0 Å². The highest BCUT2D eigenvalue weighted by atomic mass is 32.1. The summed E-state index contributed by atoms with van der Waals surface area (Å²) in [6.45, 7) is 6.25. The molecule has 24 heavy (non-hydrogen) atoms. The number of hydrogen-bond donors (Lipinski definition) is 1. The van der Waals surface area contributed by atoms with Gasteiger partial charge in [-0.1, -0.05) is 30.3 Å². The number of carbonyl (C=O) groups is 1. The second kappa shape index (κ2) is 8.42. The maximum absolute atomic E-state index is 12.6. The maximum Gasteiger partial charge on any atom is 0.261 e. The minimum absolute atomic E-state index is 0.0386. The number of benzene rings is 1. The van der Waals surface area contributed by atoms with E-state index < -0.39 is 0 Å². The molecule has 1 saturated heterocycles. The summed E-state index contributed by atoms with van der Waals surface area (Å²) in [6, 6.07) is 12.4. The van der Waals surface area contributed by atoms with Crippen LogP contribution in [0.25, 0.3) is 0 Å². The molecule has 3 rings (SSSR count). The molecule has 1 atom stereocenters. The van der Waals surface area contributed by atoms with E-state index in [-0.39, 0.29) is 11.9 Å². The Morgan fingerprint density at radius 3 is 2.67 bits per heavy atom. The molecule has 128 valence electrons. The molecule has 1 aliphatic heterocycles. The summed E-state index contributed by atoms with van der Waals surface area (Å²) in [4.78, 5) is 15.8. The lowest BCUT2D eigenvalue weighted by Crippen LogP contribution is -2.48. The van der Waals surface area contributed by atoms with Crippen molar-refractivity contribution in [2.75, 3.05) is 32.8 Å². The largest absolute Gasteiger partial charge is 0.379 e. The van der Waals surface area contributed by atoms with E-state index in [0.717, 1.165) is 49.7 Å². The van der Waals surface area contributed by atoms with Gasteiger partial charge in [0.2, 0.25) is 0 Å². The predicted molar refractivity (Wildman–Crippen MR) is 97.7 cm³/mol. The summed E-state index contributed by atoms with van der Waals surface area (Å²) in [5, 5.41) is 5.22. The normalized spacial score (nSPS) is 16.7. The van der Waals surface area contributed by atoms with Gasteiger partial charge < -0.3 is 10.1 Å². The lowest BCUT2D eigenvalue weighted by atomic mass is 10.0. The molecule has 1 unspecified atom stereocenters. The van der Waals surface area contributed by atoms with E-state index in [1.165, 1.54) is 16.9 Å². The van der Waals surface area contributed by atoms with Crippen molar-refractivity contribution in [3.05, 3.63) is 57.8 Å². The SMILES string of the molecule is Cc1ccsc1C(=O)NC(Cc1ccccc1)CN1CCOCC1.